The maximum Gasteiger partial charge on any atom is 0.393 e. The van der Waals surface area contributed by atoms with E-state index in [0.29, 0.717) is 0 Å². The number of carboxylic acid groups (broad SMARTS) is 1. The molecule has 1 heterocycles. The first-order valence-corrected chi connectivity index (χ1v) is 5.46. The van der Waals surface area contributed by atoms with Crippen molar-refractivity contribution in [1.29, 1.82) is 0 Å². The lowest BCUT2D eigenvalue weighted by atomic mass is 10.1. The van der Waals surface area contributed by atoms with Gasteiger partial charge in [0.05, 0.1) is 5.92 Å². The minimum atomic E-state index is -4.31. The molecule has 2 amide bonds. The average molecular weight is 268 g/mol. The second-order valence-electron chi connectivity index (χ2n) is 4.38. The number of nitrogens with zero attached hydrogens (tertiary/aromatic N) is 2. The number of alkyl halides is 3. The molecule has 0 aromatic heterocycles. The minimum Gasteiger partial charge on any atom is -0.480 e. The maximum absolute atomic E-state index is 12.4. The lowest BCUT2D eigenvalue weighted by molar-refractivity contribution is -0.170. The van der Waals surface area contributed by atoms with Gasteiger partial charge in [0.25, 0.3) is 0 Å². The molecule has 1 N–H and O–H groups in total. The Kier molecular flexibility index (Phi) is 4.08. The highest BCUT2D eigenvalue weighted by atomic mass is 19.4. The van der Waals surface area contributed by atoms with Crippen molar-refractivity contribution >= 4 is 12.0 Å². The van der Waals surface area contributed by atoms with Crippen LogP contribution in [0.3, 0.4) is 0 Å². The van der Waals surface area contributed by atoms with Gasteiger partial charge in [-0.3, -0.25) is 0 Å². The van der Waals surface area contributed by atoms with E-state index in [1.54, 1.807) is 0 Å². The van der Waals surface area contributed by atoms with Crippen molar-refractivity contribution in [1.82, 2.24) is 9.80 Å². The predicted octanol–water partition coefficient (Wildman–Crippen LogP) is 1.40. The Balaban J connectivity index is 2.63. The predicted molar refractivity (Wildman–Crippen MR) is 56.0 cm³/mol. The monoisotopic (exact) mass is 268 g/mol. The Labute approximate surface area is 102 Å². The third-order valence-electron chi connectivity index (χ3n) is 3.16. The van der Waals surface area contributed by atoms with Crippen LogP contribution in [0.25, 0.3) is 0 Å². The fraction of sp³-hybridized carbons (Fsp3) is 0.800. The van der Waals surface area contributed by atoms with Gasteiger partial charge >= 0.3 is 18.2 Å². The van der Waals surface area contributed by atoms with Crippen molar-refractivity contribution in [3.05, 3.63) is 0 Å². The quantitative estimate of drug-likeness (QED) is 0.823. The molecule has 0 aromatic carbocycles. The summed E-state index contributed by atoms with van der Waals surface area (Å²) in [6, 6.07) is -1.75. The summed E-state index contributed by atoms with van der Waals surface area (Å²) >= 11 is 0. The van der Waals surface area contributed by atoms with Gasteiger partial charge in [-0.25, -0.2) is 9.59 Å². The molecule has 2 atom stereocenters. The summed E-state index contributed by atoms with van der Waals surface area (Å²) in [5.41, 5.74) is 0. The molecule has 0 bridgehead atoms. The highest BCUT2D eigenvalue weighted by molar-refractivity contribution is 5.82. The summed E-state index contributed by atoms with van der Waals surface area (Å²) in [4.78, 5) is 24.4. The number of carbonyl (C=O) groups is 2. The molecule has 0 saturated carbocycles. The number of hydrogen-bond donors (Lipinski definition) is 1. The molecule has 1 rings (SSSR count). The Morgan fingerprint density at radius 3 is 2.39 bits per heavy atom. The molecule has 0 radical (unpaired) electrons. The Bertz CT molecular complexity index is 346. The van der Waals surface area contributed by atoms with Crippen LogP contribution >= 0.6 is 0 Å². The SMILES string of the molecule is CC(C(=O)O)N(C)C(=O)N1CCC(C(F)(F)F)C1. The van der Waals surface area contributed by atoms with Gasteiger partial charge in [0.2, 0.25) is 0 Å². The Hall–Kier alpha value is -1.47. The van der Waals surface area contributed by atoms with Crippen LogP contribution in [0.5, 0.6) is 0 Å². The zero-order valence-corrected chi connectivity index (χ0v) is 10.1. The molecule has 1 saturated heterocycles. The molecule has 0 aromatic rings. The van der Waals surface area contributed by atoms with E-state index in [1.165, 1.54) is 14.0 Å². The number of carboxylic acids is 1. The summed E-state index contributed by atoms with van der Waals surface area (Å²) in [7, 11) is 1.27. The van der Waals surface area contributed by atoms with Crippen molar-refractivity contribution in [3.63, 3.8) is 0 Å². The zero-order chi connectivity index (χ0) is 14.1. The summed E-state index contributed by atoms with van der Waals surface area (Å²) in [5.74, 6) is -2.72. The number of halogens is 3. The van der Waals surface area contributed by atoms with E-state index in [0.717, 1.165) is 9.80 Å². The van der Waals surface area contributed by atoms with Gasteiger partial charge in [-0.05, 0) is 13.3 Å². The van der Waals surface area contributed by atoms with Gasteiger partial charge in [0.15, 0.2) is 0 Å². The van der Waals surface area contributed by atoms with Gasteiger partial charge in [-0.1, -0.05) is 0 Å². The fourth-order valence-corrected chi connectivity index (χ4v) is 1.76. The molecular formula is C10H15F3N2O3. The normalized spacial score (nSPS) is 21.8. The van der Waals surface area contributed by atoms with Crippen LogP contribution in [0, 0.1) is 5.92 Å². The van der Waals surface area contributed by atoms with E-state index in [9.17, 15) is 22.8 Å². The summed E-state index contributed by atoms with van der Waals surface area (Å²) < 4.78 is 37.3. The van der Waals surface area contributed by atoms with E-state index in [1.807, 2.05) is 0 Å². The fourth-order valence-electron chi connectivity index (χ4n) is 1.76. The second kappa shape index (κ2) is 5.03. The van der Waals surface area contributed by atoms with Crippen molar-refractivity contribution in [2.45, 2.75) is 25.6 Å². The van der Waals surface area contributed by atoms with Crippen molar-refractivity contribution < 1.29 is 27.9 Å². The van der Waals surface area contributed by atoms with Gasteiger partial charge in [0, 0.05) is 20.1 Å². The van der Waals surface area contributed by atoms with E-state index >= 15 is 0 Å². The van der Waals surface area contributed by atoms with Gasteiger partial charge in [-0.2, -0.15) is 13.2 Å². The number of likely N-dealkylation sites (tertiary alicyclic amines) is 1. The van der Waals surface area contributed by atoms with Crippen LogP contribution in [0.2, 0.25) is 0 Å². The molecule has 8 heteroatoms. The van der Waals surface area contributed by atoms with Gasteiger partial charge in [-0.15, -0.1) is 0 Å². The summed E-state index contributed by atoms with van der Waals surface area (Å²) in [5, 5.41) is 8.73. The van der Waals surface area contributed by atoms with E-state index in [2.05, 4.69) is 0 Å². The molecule has 5 nitrogen and oxygen atoms in total. The molecule has 2 unspecified atom stereocenters. The Morgan fingerprint density at radius 1 is 1.44 bits per heavy atom. The average Bonchev–Trinajstić information content (AvgIpc) is 2.74. The van der Waals surface area contributed by atoms with Crippen molar-refractivity contribution in [2.75, 3.05) is 20.1 Å². The molecule has 0 spiro atoms. The van der Waals surface area contributed by atoms with Gasteiger partial charge in [0.1, 0.15) is 6.04 Å². The number of carbonyl (C=O) groups excluding carboxylic acids is 1. The highest BCUT2D eigenvalue weighted by Gasteiger charge is 2.45. The number of amides is 2. The standard InChI is InChI=1S/C10H15F3N2O3/c1-6(8(16)17)14(2)9(18)15-4-3-7(5-15)10(11,12)13/h6-7H,3-5H2,1-2H3,(H,16,17). The minimum absolute atomic E-state index is 0.000308. The van der Waals surface area contributed by atoms with Gasteiger partial charge < -0.3 is 14.9 Å². The molecule has 1 aliphatic rings. The first-order chi connectivity index (χ1) is 8.14. The van der Waals surface area contributed by atoms with Crippen LogP contribution in [-0.2, 0) is 4.79 Å². The first kappa shape index (κ1) is 14.6. The Morgan fingerprint density at radius 2 is 2.00 bits per heavy atom. The second-order valence-corrected chi connectivity index (χ2v) is 4.38. The van der Waals surface area contributed by atoms with Crippen molar-refractivity contribution in [2.24, 2.45) is 5.92 Å². The van der Waals surface area contributed by atoms with Crippen molar-refractivity contribution in [3.8, 4) is 0 Å². The highest BCUT2D eigenvalue weighted by Crippen LogP contribution is 2.33. The lowest BCUT2D eigenvalue weighted by Crippen LogP contribution is -2.47. The number of urea groups is 1. The topological polar surface area (TPSA) is 60.9 Å². The smallest absolute Gasteiger partial charge is 0.393 e. The number of likely N-dealkylation sites (N-methyl/N-ethyl adjacent to an activating group) is 1. The molecule has 104 valence electrons. The third-order valence-corrected chi connectivity index (χ3v) is 3.16. The van der Waals surface area contributed by atoms with E-state index in [-0.39, 0.29) is 13.0 Å². The lowest BCUT2D eigenvalue weighted by Gasteiger charge is -2.27. The van der Waals surface area contributed by atoms with Crippen LogP contribution < -0.4 is 0 Å². The molecular weight excluding hydrogens is 253 g/mol. The van der Waals surface area contributed by atoms with Crippen LogP contribution in [-0.4, -0.2) is 59.3 Å². The van der Waals surface area contributed by atoms with E-state index < -0.39 is 36.7 Å². The first-order valence-electron chi connectivity index (χ1n) is 5.46. The largest absolute Gasteiger partial charge is 0.480 e. The van der Waals surface area contributed by atoms with Crippen LogP contribution in [0.15, 0.2) is 0 Å². The maximum atomic E-state index is 12.4. The van der Waals surface area contributed by atoms with Crippen LogP contribution in [0.4, 0.5) is 18.0 Å². The van der Waals surface area contributed by atoms with Crippen LogP contribution in [0.1, 0.15) is 13.3 Å². The summed E-state index contributed by atoms with van der Waals surface area (Å²) in [6.07, 6.45) is -4.45. The third kappa shape index (κ3) is 3.05. The number of aliphatic carboxylic acids is 1. The molecule has 1 aliphatic heterocycles. The molecule has 1 fully saturated rings. The number of hydrogen-bond acceptors (Lipinski definition) is 2. The molecule has 0 aliphatic carbocycles. The zero-order valence-electron chi connectivity index (χ0n) is 10.1. The van der Waals surface area contributed by atoms with E-state index in [4.69, 9.17) is 5.11 Å². The molecule has 18 heavy (non-hydrogen) atoms. The number of rotatable bonds is 2. The summed E-state index contributed by atoms with van der Waals surface area (Å²) in [6.45, 7) is 0.899.